The third-order valence-corrected chi connectivity index (χ3v) is 5.22. The van der Waals surface area contributed by atoms with Crippen LogP contribution in [-0.2, 0) is 4.79 Å². The van der Waals surface area contributed by atoms with Crippen LogP contribution in [0.5, 0.6) is 0 Å². The van der Waals surface area contributed by atoms with Crippen molar-refractivity contribution in [2.45, 2.75) is 52.7 Å². The van der Waals surface area contributed by atoms with Gasteiger partial charge in [0.15, 0.2) is 0 Å². The van der Waals surface area contributed by atoms with Crippen LogP contribution in [0.2, 0.25) is 0 Å². The molecule has 0 saturated carbocycles. The molecule has 1 amide bonds. The Bertz CT molecular complexity index is 612. The standard InChI is InChI=1S/C20H33N3O2/c1-15-8-7-9-17(16(15)2)22-10-12-23(13-11-22)20(5,6)18(24)21-14-19(3,4)25/h7-9,25H,10-14H2,1-6H3,(H,21,24). The van der Waals surface area contributed by atoms with Crippen LogP contribution in [-0.4, -0.2) is 59.8 Å². The van der Waals surface area contributed by atoms with E-state index in [2.05, 4.69) is 47.2 Å². The van der Waals surface area contributed by atoms with Gasteiger partial charge in [0.25, 0.3) is 0 Å². The van der Waals surface area contributed by atoms with Crippen LogP contribution in [0.15, 0.2) is 18.2 Å². The third kappa shape index (κ3) is 4.73. The number of piperazine rings is 1. The molecule has 0 unspecified atom stereocenters. The summed E-state index contributed by atoms with van der Waals surface area (Å²) in [4.78, 5) is 17.2. The van der Waals surface area contributed by atoms with Gasteiger partial charge in [-0.25, -0.2) is 0 Å². The summed E-state index contributed by atoms with van der Waals surface area (Å²) >= 11 is 0. The van der Waals surface area contributed by atoms with Crippen molar-refractivity contribution in [3.63, 3.8) is 0 Å². The van der Waals surface area contributed by atoms with Crippen molar-refractivity contribution in [1.29, 1.82) is 0 Å². The summed E-state index contributed by atoms with van der Waals surface area (Å²) in [7, 11) is 0. The van der Waals surface area contributed by atoms with E-state index in [-0.39, 0.29) is 12.5 Å². The molecule has 0 aliphatic carbocycles. The average molecular weight is 348 g/mol. The first-order valence-electron chi connectivity index (χ1n) is 9.09. The highest BCUT2D eigenvalue weighted by atomic mass is 16.3. The lowest BCUT2D eigenvalue weighted by molar-refractivity contribution is -0.133. The number of amides is 1. The first kappa shape index (κ1) is 19.7. The van der Waals surface area contributed by atoms with Gasteiger partial charge in [0.2, 0.25) is 5.91 Å². The lowest BCUT2D eigenvalue weighted by Gasteiger charge is -2.44. The van der Waals surface area contributed by atoms with E-state index < -0.39 is 11.1 Å². The molecule has 0 radical (unpaired) electrons. The molecule has 1 aromatic carbocycles. The second-order valence-corrected chi connectivity index (χ2v) is 8.25. The van der Waals surface area contributed by atoms with Gasteiger partial charge in [-0.15, -0.1) is 0 Å². The Morgan fingerprint density at radius 1 is 1.12 bits per heavy atom. The molecule has 1 fully saturated rings. The maximum Gasteiger partial charge on any atom is 0.240 e. The number of rotatable bonds is 5. The van der Waals surface area contributed by atoms with E-state index in [0.717, 1.165) is 26.2 Å². The van der Waals surface area contributed by atoms with Gasteiger partial charge in [0.1, 0.15) is 0 Å². The SMILES string of the molecule is Cc1cccc(N2CCN(C(C)(C)C(=O)NCC(C)(C)O)CC2)c1C. The molecule has 1 aromatic rings. The Morgan fingerprint density at radius 2 is 1.72 bits per heavy atom. The van der Waals surface area contributed by atoms with Gasteiger partial charge < -0.3 is 15.3 Å². The average Bonchev–Trinajstić information content (AvgIpc) is 2.54. The quantitative estimate of drug-likeness (QED) is 0.856. The zero-order chi connectivity index (χ0) is 18.8. The number of hydrogen-bond donors (Lipinski definition) is 2. The fourth-order valence-electron chi connectivity index (χ4n) is 3.24. The van der Waals surface area contributed by atoms with E-state index in [1.165, 1.54) is 16.8 Å². The number of anilines is 1. The Kier molecular flexibility index (Phi) is 5.79. The molecule has 140 valence electrons. The minimum atomic E-state index is -0.896. The van der Waals surface area contributed by atoms with Crippen molar-refractivity contribution in [1.82, 2.24) is 10.2 Å². The predicted octanol–water partition coefficient (Wildman–Crippen LogP) is 2.09. The molecule has 1 heterocycles. The van der Waals surface area contributed by atoms with Crippen LogP contribution in [0.25, 0.3) is 0 Å². The minimum absolute atomic E-state index is 0.0326. The number of hydrogen-bond acceptors (Lipinski definition) is 4. The highest BCUT2D eigenvalue weighted by Gasteiger charge is 2.37. The van der Waals surface area contributed by atoms with E-state index >= 15 is 0 Å². The van der Waals surface area contributed by atoms with Gasteiger partial charge in [0.05, 0.1) is 11.1 Å². The first-order valence-corrected chi connectivity index (χ1v) is 9.09. The van der Waals surface area contributed by atoms with Crippen molar-refractivity contribution in [3.05, 3.63) is 29.3 Å². The van der Waals surface area contributed by atoms with Crippen molar-refractivity contribution in [3.8, 4) is 0 Å². The molecule has 1 saturated heterocycles. The highest BCUT2D eigenvalue weighted by Crippen LogP contribution is 2.26. The molecule has 1 aliphatic heterocycles. The number of nitrogens with zero attached hydrogens (tertiary/aromatic N) is 2. The van der Waals surface area contributed by atoms with Crippen LogP contribution >= 0.6 is 0 Å². The lowest BCUT2D eigenvalue weighted by atomic mass is 9.99. The number of benzene rings is 1. The molecule has 5 nitrogen and oxygen atoms in total. The van der Waals surface area contributed by atoms with Crippen LogP contribution in [0.4, 0.5) is 5.69 Å². The second kappa shape index (κ2) is 7.34. The molecule has 2 rings (SSSR count). The number of carbonyl (C=O) groups excluding carboxylic acids is 1. The Balaban J connectivity index is 1.98. The largest absolute Gasteiger partial charge is 0.389 e. The van der Waals surface area contributed by atoms with E-state index in [9.17, 15) is 9.90 Å². The fourth-order valence-corrected chi connectivity index (χ4v) is 3.24. The summed E-state index contributed by atoms with van der Waals surface area (Å²) in [5, 5.41) is 12.7. The van der Waals surface area contributed by atoms with Crippen LogP contribution in [0.3, 0.4) is 0 Å². The first-order chi connectivity index (χ1) is 11.5. The van der Waals surface area contributed by atoms with Crippen molar-refractivity contribution in [2.75, 3.05) is 37.6 Å². The summed E-state index contributed by atoms with van der Waals surface area (Å²) in [5.41, 5.74) is 2.46. The van der Waals surface area contributed by atoms with E-state index in [1.54, 1.807) is 13.8 Å². The molecule has 0 spiro atoms. The molecular weight excluding hydrogens is 314 g/mol. The van der Waals surface area contributed by atoms with Gasteiger partial charge in [-0.05, 0) is 58.7 Å². The maximum absolute atomic E-state index is 12.6. The Morgan fingerprint density at radius 3 is 2.28 bits per heavy atom. The predicted molar refractivity (Wildman–Crippen MR) is 103 cm³/mol. The molecular formula is C20H33N3O2. The molecule has 0 aromatic heterocycles. The zero-order valence-electron chi connectivity index (χ0n) is 16.5. The zero-order valence-corrected chi connectivity index (χ0v) is 16.5. The fraction of sp³-hybridized carbons (Fsp3) is 0.650. The topological polar surface area (TPSA) is 55.8 Å². The van der Waals surface area contributed by atoms with Crippen LogP contribution in [0.1, 0.15) is 38.8 Å². The molecule has 0 atom stereocenters. The van der Waals surface area contributed by atoms with Gasteiger partial charge in [0, 0.05) is 38.4 Å². The number of aryl methyl sites for hydroxylation is 1. The lowest BCUT2D eigenvalue weighted by Crippen LogP contribution is -2.61. The highest BCUT2D eigenvalue weighted by molar-refractivity contribution is 5.85. The number of nitrogens with one attached hydrogen (secondary N) is 1. The monoisotopic (exact) mass is 347 g/mol. The van der Waals surface area contributed by atoms with Crippen molar-refractivity contribution in [2.24, 2.45) is 0 Å². The number of aliphatic hydroxyl groups is 1. The van der Waals surface area contributed by atoms with Crippen LogP contribution in [0, 0.1) is 13.8 Å². The van der Waals surface area contributed by atoms with Gasteiger partial charge >= 0.3 is 0 Å². The molecule has 2 N–H and O–H groups in total. The summed E-state index contributed by atoms with van der Waals surface area (Å²) in [6.45, 7) is 15.4. The Labute approximate surface area is 152 Å². The summed E-state index contributed by atoms with van der Waals surface area (Å²) in [6, 6.07) is 6.43. The third-order valence-electron chi connectivity index (χ3n) is 5.22. The molecule has 25 heavy (non-hydrogen) atoms. The van der Waals surface area contributed by atoms with E-state index in [4.69, 9.17) is 0 Å². The normalized spacial score (nSPS) is 16.8. The van der Waals surface area contributed by atoms with Crippen molar-refractivity contribution < 1.29 is 9.90 Å². The minimum Gasteiger partial charge on any atom is -0.389 e. The summed E-state index contributed by atoms with van der Waals surface area (Å²) in [6.07, 6.45) is 0. The Hall–Kier alpha value is -1.59. The molecule has 0 bridgehead atoms. The van der Waals surface area contributed by atoms with Gasteiger partial charge in [-0.3, -0.25) is 9.69 Å². The van der Waals surface area contributed by atoms with E-state index in [1.807, 2.05) is 13.8 Å². The second-order valence-electron chi connectivity index (χ2n) is 8.25. The number of carbonyl (C=O) groups is 1. The molecule has 5 heteroatoms. The maximum atomic E-state index is 12.6. The van der Waals surface area contributed by atoms with Crippen molar-refractivity contribution >= 4 is 11.6 Å². The van der Waals surface area contributed by atoms with Gasteiger partial charge in [-0.2, -0.15) is 0 Å². The molecule has 1 aliphatic rings. The van der Waals surface area contributed by atoms with E-state index in [0.29, 0.717) is 0 Å². The summed E-state index contributed by atoms with van der Waals surface area (Å²) in [5.74, 6) is -0.0326. The van der Waals surface area contributed by atoms with Crippen LogP contribution < -0.4 is 10.2 Å². The van der Waals surface area contributed by atoms with Gasteiger partial charge in [-0.1, -0.05) is 12.1 Å². The summed E-state index contributed by atoms with van der Waals surface area (Å²) < 4.78 is 0. The smallest absolute Gasteiger partial charge is 0.240 e.